The molecule has 3 heteroatoms. The third-order valence-corrected chi connectivity index (χ3v) is 5.71. The summed E-state index contributed by atoms with van der Waals surface area (Å²) in [6.45, 7) is 12.0. The van der Waals surface area contributed by atoms with Gasteiger partial charge in [0.1, 0.15) is 0 Å². The highest BCUT2D eigenvalue weighted by atomic mass is 16.5. The summed E-state index contributed by atoms with van der Waals surface area (Å²) in [6, 6.07) is 0.746. The summed E-state index contributed by atoms with van der Waals surface area (Å²) in [5.74, 6) is 0. The number of rotatable bonds is 5. The van der Waals surface area contributed by atoms with Crippen LogP contribution < -0.4 is 5.73 Å². The lowest BCUT2D eigenvalue weighted by molar-refractivity contribution is -0.159. The van der Waals surface area contributed by atoms with Crippen LogP contribution in [0.1, 0.15) is 59.8 Å². The van der Waals surface area contributed by atoms with Gasteiger partial charge in [0.25, 0.3) is 0 Å². The molecule has 0 aromatic heterocycles. The minimum Gasteiger partial charge on any atom is -0.378 e. The normalized spacial score (nSPS) is 39.0. The predicted octanol–water partition coefficient (Wildman–Crippen LogP) is 2.78. The highest BCUT2D eigenvalue weighted by Gasteiger charge is 2.59. The lowest BCUT2D eigenvalue weighted by Gasteiger charge is -2.61. The molecule has 0 spiro atoms. The molecule has 0 radical (unpaired) electrons. The average molecular weight is 268 g/mol. The molecule has 3 atom stereocenters. The van der Waals surface area contributed by atoms with Crippen LogP contribution in [0.2, 0.25) is 0 Å². The quantitative estimate of drug-likeness (QED) is 0.833. The fourth-order valence-electron chi connectivity index (χ4n) is 3.87. The Labute approximate surface area is 118 Å². The third-order valence-electron chi connectivity index (χ3n) is 5.71. The molecule has 1 heterocycles. The van der Waals surface area contributed by atoms with Crippen molar-refractivity contribution >= 4 is 0 Å². The van der Waals surface area contributed by atoms with Gasteiger partial charge in [-0.3, -0.25) is 4.90 Å². The van der Waals surface area contributed by atoms with E-state index in [-0.39, 0.29) is 11.0 Å². The van der Waals surface area contributed by atoms with Crippen LogP contribution in [-0.2, 0) is 4.74 Å². The Balaban J connectivity index is 1.98. The van der Waals surface area contributed by atoms with Crippen molar-refractivity contribution in [3.63, 3.8) is 0 Å². The van der Waals surface area contributed by atoms with Gasteiger partial charge in [-0.2, -0.15) is 0 Å². The predicted molar refractivity (Wildman–Crippen MR) is 80.2 cm³/mol. The van der Waals surface area contributed by atoms with Crippen molar-refractivity contribution in [1.29, 1.82) is 0 Å². The minimum atomic E-state index is -0.0718. The number of ether oxygens (including phenoxy) is 1. The van der Waals surface area contributed by atoms with E-state index in [2.05, 4.69) is 32.6 Å². The molecule has 0 amide bonds. The van der Waals surface area contributed by atoms with Crippen molar-refractivity contribution in [1.82, 2.24) is 4.90 Å². The number of nitrogens with two attached hydrogens (primary N) is 1. The molecule has 2 rings (SSSR count). The van der Waals surface area contributed by atoms with Crippen LogP contribution in [0.25, 0.3) is 0 Å². The largest absolute Gasteiger partial charge is 0.378 e. The summed E-state index contributed by atoms with van der Waals surface area (Å²) in [6.07, 6.45) is 6.68. The molecule has 2 fully saturated rings. The third kappa shape index (κ3) is 2.70. The summed E-state index contributed by atoms with van der Waals surface area (Å²) < 4.78 is 5.83. The SMILES string of the molecule is CCOC1CC(N)(CN2CCCCC2CC)C1(C)C. The smallest absolute Gasteiger partial charge is 0.0662 e. The van der Waals surface area contributed by atoms with Crippen molar-refractivity contribution in [2.75, 3.05) is 19.7 Å². The van der Waals surface area contributed by atoms with E-state index in [0.29, 0.717) is 6.10 Å². The second-order valence-corrected chi connectivity index (χ2v) is 7.05. The molecule has 0 bridgehead atoms. The Morgan fingerprint density at radius 2 is 2.00 bits per heavy atom. The Hall–Kier alpha value is -0.120. The zero-order chi connectivity index (χ0) is 14.1. The summed E-state index contributed by atoms with van der Waals surface area (Å²) in [5, 5.41) is 0. The van der Waals surface area contributed by atoms with Crippen LogP contribution in [0.15, 0.2) is 0 Å². The first-order valence-electron chi connectivity index (χ1n) is 8.09. The molecule has 1 aliphatic heterocycles. The first-order valence-corrected chi connectivity index (χ1v) is 8.09. The monoisotopic (exact) mass is 268 g/mol. The van der Waals surface area contributed by atoms with Gasteiger partial charge in [-0.1, -0.05) is 27.2 Å². The Morgan fingerprint density at radius 3 is 2.58 bits per heavy atom. The zero-order valence-electron chi connectivity index (χ0n) is 13.2. The lowest BCUT2D eigenvalue weighted by atomic mass is 9.54. The van der Waals surface area contributed by atoms with Gasteiger partial charge in [0.2, 0.25) is 0 Å². The van der Waals surface area contributed by atoms with E-state index in [4.69, 9.17) is 10.5 Å². The van der Waals surface area contributed by atoms with Gasteiger partial charge in [-0.15, -0.1) is 0 Å². The number of nitrogens with zero attached hydrogens (tertiary/aromatic N) is 1. The number of likely N-dealkylation sites (tertiary alicyclic amines) is 1. The van der Waals surface area contributed by atoms with Crippen LogP contribution in [0.3, 0.4) is 0 Å². The van der Waals surface area contributed by atoms with Crippen molar-refractivity contribution in [3.8, 4) is 0 Å². The highest BCUT2D eigenvalue weighted by molar-refractivity contribution is 5.15. The molecule has 3 nitrogen and oxygen atoms in total. The molecule has 0 aromatic rings. The second-order valence-electron chi connectivity index (χ2n) is 7.05. The van der Waals surface area contributed by atoms with E-state index < -0.39 is 0 Å². The number of hydrogen-bond donors (Lipinski definition) is 1. The molecule has 0 aromatic carbocycles. The van der Waals surface area contributed by atoms with E-state index in [1.807, 2.05) is 0 Å². The maximum atomic E-state index is 6.73. The summed E-state index contributed by atoms with van der Waals surface area (Å²) in [4.78, 5) is 2.65. The maximum Gasteiger partial charge on any atom is 0.0662 e. The van der Waals surface area contributed by atoms with Crippen LogP contribution in [-0.4, -0.2) is 42.3 Å². The van der Waals surface area contributed by atoms with Crippen LogP contribution in [0.5, 0.6) is 0 Å². The second kappa shape index (κ2) is 5.71. The molecule has 1 saturated heterocycles. The van der Waals surface area contributed by atoms with Gasteiger partial charge in [0, 0.05) is 30.1 Å². The Bertz CT molecular complexity index is 305. The fraction of sp³-hybridized carbons (Fsp3) is 1.00. The van der Waals surface area contributed by atoms with Crippen molar-refractivity contribution in [2.24, 2.45) is 11.1 Å². The molecule has 1 saturated carbocycles. The first kappa shape index (κ1) is 15.3. The fourth-order valence-corrected chi connectivity index (χ4v) is 3.87. The molecule has 112 valence electrons. The van der Waals surface area contributed by atoms with Crippen molar-refractivity contribution in [2.45, 2.75) is 77.5 Å². The van der Waals surface area contributed by atoms with E-state index in [1.165, 1.54) is 32.2 Å². The van der Waals surface area contributed by atoms with Gasteiger partial charge in [0.15, 0.2) is 0 Å². The average Bonchev–Trinajstić information content (AvgIpc) is 2.39. The lowest BCUT2D eigenvalue weighted by Crippen LogP contribution is -2.74. The molecule has 19 heavy (non-hydrogen) atoms. The van der Waals surface area contributed by atoms with Crippen LogP contribution in [0.4, 0.5) is 0 Å². The highest BCUT2D eigenvalue weighted by Crippen LogP contribution is 2.50. The number of hydrogen-bond acceptors (Lipinski definition) is 3. The standard InChI is InChI=1S/C16H32N2O/c1-5-13-9-7-8-10-18(13)12-16(17)11-14(19-6-2)15(16,3)4/h13-14H,5-12,17H2,1-4H3. The topological polar surface area (TPSA) is 38.5 Å². The van der Waals surface area contributed by atoms with Crippen molar-refractivity contribution in [3.05, 3.63) is 0 Å². The zero-order valence-corrected chi connectivity index (χ0v) is 13.2. The van der Waals surface area contributed by atoms with E-state index in [9.17, 15) is 0 Å². The molecular weight excluding hydrogens is 236 g/mol. The maximum absolute atomic E-state index is 6.73. The first-order chi connectivity index (χ1) is 8.94. The molecular formula is C16H32N2O. The molecule has 2 N–H and O–H groups in total. The summed E-state index contributed by atoms with van der Waals surface area (Å²) in [5.41, 5.74) is 6.75. The number of piperidine rings is 1. The Kier molecular flexibility index (Phi) is 4.59. The van der Waals surface area contributed by atoms with Gasteiger partial charge < -0.3 is 10.5 Å². The van der Waals surface area contributed by atoms with Gasteiger partial charge in [0.05, 0.1) is 6.10 Å². The van der Waals surface area contributed by atoms with Crippen molar-refractivity contribution < 1.29 is 4.74 Å². The summed E-state index contributed by atoms with van der Waals surface area (Å²) in [7, 11) is 0. The minimum absolute atomic E-state index is 0.0718. The molecule has 3 unspecified atom stereocenters. The van der Waals surface area contributed by atoms with Crippen LogP contribution in [0, 0.1) is 5.41 Å². The van der Waals surface area contributed by atoms with Crippen LogP contribution >= 0.6 is 0 Å². The van der Waals surface area contributed by atoms with Gasteiger partial charge >= 0.3 is 0 Å². The van der Waals surface area contributed by atoms with E-state index in [1.54, 1.807) is 0 Å². The molecule has 2 aliphatic rings. The molecule has 1 aliphatic carbocycles. The Morgan fingerprint density at radius 1 is 1.26 bits per heavy atom. The summed E-state index contributed by atoms with van der Waals surface area (Å²) >= 11 is 0. The van der Waals surface area contributed by atoms with Gasteiger partial charge in [-0.25, -0.2) is 0 Å². The van der Waals surface area contributed by atoms with E-state index >= 15 is 0 Å². The van der Waals surface area contributed by atoms with Gasteiger partial charge in [-0.05, 0) is 39.2 Å². The van der Waals surface area contributed by atoms with E-state index in [0.717, 1.165) is 25.6 Å².